The van der Waals surface area contributed by atoms with Crippen molar-refractivity contribution in [2.45, 2.75) is 32.1 Å². The van der Waals surface area contributed by atoms with Crippen LogP contribution in [0.4, 0.5) is 0 Å². The first kappa shape index (κ1) is 12.9. The van der Waals surface area contributed by atoms with E-state index in [2.05, 4.69) is 22.3 Å². The highest BCUT2D eigenvalue weighted by Gasteiger charge is 2.30. The Kier molecular flexibility index (Phi) is 3.54. The second-order valence-electron chi connectivity index (χ2n) is 5.18. The third-order valence-electron chi connectivity index (χ3n) is 3.71. The number of amides is 1. The molecule has 2 aromatic heterocycles. The summed E-state index contributed by atoms with van der Waals surface area (Å²) < 4.78 is 5.17. The van der Waals surface area contributed by atoms with Crippen LogP contribution in [0.2, 0.25) is 0 Å². The van der Waals surface area contributed by atoms with Gasteiger partial charge in [0.25, 0.3) is 5.91 Å². The van der Waals surface area contributed by atoms with Gasteiger partial charge in [0.15, 0.2) is 5.69 Å². The average molecular weight is 274 g/mol. The van der Waals surface area contributed by atoms with E-state index in [9.17, 15) is 4.79 Å². The van der Waals surface area contributed by atoms with Crippen LogP contribution in [0.3, 0.4) is 0 Å². The summed E-state index contributed by atoms with van der Waals surface area (Å²) in [6, 6.07) is 3.73. The number of rotatable bonds is 4. The number of aromatic amines is 1. The first-order valence-corrected chi connectivity index (χ1v) is 7.02. The standard InChI is InChI=1S/C14H18N4O2/c1-2-3-11-8-13(17-20-11)14(19)18-7-5-10(9-18)12-4-6-15-16-12/h4,6,8,10H,2-3,5,7,9H2,1H3,(H,15,16)/t10-/m0/s1. The molecule has 0 unspecified atom stereocenters. The maximum absolute atomic E-state index is 12.4. The number of hydrogen-bond donors (Lipinski definition) is 1. The third-order valence-corrected chi connectivity index (χ3v) is 3.71. The first-order chi connectivity index (χ1) is 9.78. The molecule has 3 rings (SSSR count). The Morgan fingerprint density at radius 3 is 3.25 bits per heavy atom. The molecule has 106 valence electrons. The lowest BCUT2D eigenvalue weighted by atomic mass is 10.1. The highest BCUT2D eigenvalue weighted by molar-refractivity contribution is 5.92. The molecule has 1 N–H and O–H groups in total. The number of nitrogens with one attached hydrogen (secondary N) is 1. The fraction of sp³-hybridized carbons (Fsp3) is 0.500. The molecule has 0 radical (unpaired) electrons. The lowest BCUT2D eigenvalue weighted by Crippen LogP contribution is -2.28. The lowest BCUT2D eigenvalue weighted by molar-refractivity contribution is 0.0780. The molecule has 1 aliphatic rings. The predicted molar refractivity (Wildman–Crippen MR) is 72.3 cm³/mol. The van der Waals surface area contributed by atoms with Gasteiger partial charge in [-0.15, -0.1) is 0 Å². The molecular formula is C14H18N4O2. The molecule has 0 saturated carbocycles. The smallest absolute Gasteiger partial charge is 0.276 e. The molecule has 20 heavy (non-hydrogen) atoms. The number of aryl methyl sites for hydroxylation is 1. The Bertz CT molecular complexity index is 576. The number of carbonyl (C=O) groups is 1. The van der Waals surface area contributed by atoms with Gasteiger partial charge in [-0.05, 0) is 18.9 Å². The summed E-state index contributed by atoms with van der Waals surface area (Å²) in [6.07, 6.45) is 4.49. The molecule has 0 aromatic carbocycles. The molecule has 3 heterocycles. The SMILES string of the molecule is CCCc1cc(C(=O)N2CC[C@H](c3ccn[nH]3)C2)no1. The van der Waals surface area contributed by atoms with Gasteiger partial charge in [-0.2, -0.15) is 5.10 Å². The largest absolute Gasteiger partial charge is 0.361 e. The van der Waals surface area contributed by atoms with Crippen LogP contribution in [0.5, 0.6) is 0 Å². The average Bonchev–Trinajstić information content (AvgIpc) is 3.19. The Balaban J connectivity index is 1.66. The molecule has 6 heteroatoms. The molecule has 1 aliphatic heterocycles. The van der Waals surface area contributed by atoms with E-state index in [0.717, 1.165) is 37.3 Å². The first-order valence-electron chi connectivity index (χ1n) is 7.02. The molecule has 1 fully saturated rings. The van der Waals surface area contributed by atoms with Crippen molar-refractivity contribution in [3.05, 3.63) is 35.5 Å². The Labute approximate surface area is 117 Å². The van der Waals surface area contributed by atoms with Crippen LogP contribution in [0.15, 0.2) is 22.9 Å². The zero-order chi connectivity index (χ0) is 13.9. The summed E-state index contributed by atoms with van der Waals surface area (Å²) in [5, 5.41) is 10.8. The van der Waals surface area contributed by atoms with Crippen LogP contribution in [0.1, 0.15) is 47.6 Å². The minimum Gasteiger partial charge on any atom is -0.361 e. The zero-order valence-corrected chi connectivity index (χ0v) is 11.5. The van der Waals surface area contributed by atoms with E-state index in [4.69, 9.17) is 4.52 Å². The molecule has 0 aliphatic carbocycles. The van der Waals surface area contributed by atoms with E-state index in [1.165, 1.54) is 0 Å². The van der Waals surface area contributed by atoms with Crippen molar-refractivity contribution in [3.63, 3.8) is 0 Å². The van der Waals surface area contributed by atoms with Gasteiger partial charge in [-0.25, -0.2) is 0 Å². The minimum atomic E-state index is -0.0434. The molecule has 6 nitrogen and oxygen atoms in total. The molecule has 0 bridgehead atoms. The number of hydrogen-bond acceptors (Lipinski definition) is 4. The van der Waals surface area contributed by atoms with Crippen LogP contribution in [0.25, 0.3) is 0 Å². The molecule has 1 saturated heterocycles. The minimum absolute atomic E-state index is 0.0434. The van der Waals surface area contributed by atoms with Crippen LogP contribution in [0, 0.1) is 0 Å². The second kappa shape index (κ2) is 5.48. The molecule has 1 atom stereocenters. The predicted octanol–water partition coefficient (Wildman–Crippen LogP) is 1.98. The van der Waals surface area contributed by atoms with Gasteiger partial charge < -0.3 is 9.42 Å². The van der Waals surface area contributed by atoms with Crippen molar-refractivity contribution in [2.24, 2.45) is 0 Å². The molecule has 1 amide bonds. The van der Waals surface area contributed by atoms with Gasteiger partial charge in [-0.1, -0.05) is 12.1 Å². The number of carbonyl (C=O) groups excluding carboxylic acids is 1. The van der Waals surface area contributed by atoms with Crippen LogP contribution in [-0.4, -0.2) is 39.3 Å². The normalized spacial score (nSPS) is 18.6. The topological polar surface area (TPSA) is 75.0 Å². The van der Waals surface area contributed by atoms with E-state index >= 15 is 0 Å². The van der Waals surface area contributed by atoms with Crippen molar-refractivity contribution < 1.29 is 9.32 Å². The number of aromatic nitrogens is 3. The van der Waals surface area contributed by atoms with Crippen molar-refractivity contribution in [1.29, 1.82) is 0 Å². The monoisotopic (exact) mass is 274 g/mol. The fourth-order valence-electron chi connectivity index (χ4n) is 2.63. The highest BCUT2D eigenvalue weighted by Crippen LogP contribution is 2.26. The number of likely N-dealkylation sites (tertiary alicyclic amines) is 1. The van der Waals surface area contributed by atoms with Gasteiger partial charge in [0.05, 0.1) is 0 Å². The summed E-state index contributed by atoms with van der Waals surface area (Å²) in [5.41, 5.74) is 1.51. The number of H-pyrrole nitrogens is 1. The lowest BCUT2D eigenvalue weighted by Gasteiger charge is -2.14. The summed E-state index contributed by atoms with van der Waals surface area (Å²) in [4.78, 5) is 14.2. The summed E-state index contributed by atoms with van der Waals surface area (Å²) in [5.74, 6) is 1.07. The van der Waals surface area contributed by atoms with Gasteiger partial charge in [0.2, 0.25) is 0 Å². The van der Waals surface area contributed by atoms with E-state index in [1.807, 2.05) is 11.0 Å². The summed E-state index contributed by atoms with van der Waals surface area (Å²) >= 11 is 0. The van der Waals surface area contributed by atoms with Crippen LogP contribution < -0.4 is 0 Å². The quantitative estimate of drug-likeness (QED) is 0.925. The van der Waals surface area contributed by atoms with Crippen molar-refractivity contribution >= 4 is 5.91 Å². The van der Waals surface area contributed by atoms with E-state index in [0.29, 0.717) is 18.2 Å². The maximum atomic E-state index is 12.4. The van der Waals surface area contributed by atoms with Crippen molar-refractivity contribution in [2.75, 3.05) is 13.1 Å². The van der Waals surface area contributed by atoms with Crippen molar-refractivity contribution in [1.82, 2.24) is 20.3 Å². The molecular weight excluding hydrogens is 256 g/mol. The van der Waals surface area contributed by atoms with Gasteiger partial charge in [0.1, 0.15) is 5.76 Å². The Hall–Kier alpha value is -2.11. The Morgan fingerprint density at radius 2 is 2.50 bits per heavy atom. The van der Waals surface area contributed by atoms with Gasteiger partial charge in [0, 0.05) is 43.4 Å². The molecule has 2 aromatic rings. The third kappa shape index (κ3) is 2.45. The van der Waals surface area contributed by atoms with E-state index in [1.54, 1.807) is 12.3 Å². The number of nitrogens with zero attached hydrogens (tertiary/aromatic N) is 3. The second-order valence-corrected chi connectivity index (χ2v) is 5.18. The summed E-state index contributed by atoms with van der Waals surface area (Å²) in [6.45, 7) is 3.52. The fourth-order valence-corrected chi connectivity index (χ4v) is 2.63. The Morgan fingerprint density at radius 1 is 1.60 bits per heavy atom. The maximum Gasteiger partial charge on any atom is 0.276 e. The van der Waals surface area contributed by atoms with Gasteiger partial charge in [-0.3, -0.25) is 9.89 Å². The van der Waals surface area contributed by atoms with Gasteiger partial charge >= 0.3 is 0 Å². The zero-order valence-electron chi connectivity index (χ0n) is 11.5. The van der Waals surface area contributed by atoms with E-state index in [-0.39, 0.29) is 5.91 Å². The van der Waals surface area contributed by atoms with Crippen molar-refractivity contribution in [3.8, 4) is 0 Å². The van der Waals surface area contributed by atoms with Crippen LogP contribution in [-0.2, 0) is 6.42 Å². The molecule has 0 spiro atoms. The van der Waals surface area contributed by atoms with E-state index < -0.39 is 0 Å². The van der Waals surface area contributed by atoms with Crippen LogP contribution >= 0.6 is 0 Å². The summed E-state index contributed by atoms with van der Waals surface area (Å²) in [7, 11) is 0. The highest BCUT2D eigenvalue weighted by atomic mass is 16.5.